The smallest absolute Gasteiger partial charge is 0.0715 e. The molecule has 78 valence electrons. The van der Waals surface area contributed by atoms with Crippen LogP contribution in [0.4, 0.5) is 0 Å². The van der Waals surface area contributed by atoms with Crippen LogP contribution in [0.25, 0.3) is 11.1 Å². The second-order valence-electron chi connectivity index (χ2n) is 3.99. The number of rotatable bonds is 1. The molecule has 0 atom stereocenters. The van der Waals surface area contributed by atoms with Crippen LogP contribution in [0.3, 0.4) is 0 Å². The number of fused-ring (bicyclic) bond motifs is 3. The Bertz CT molecular complexity index is 585. The second kappa shape index (κ2) is 3.20. The van der Waals surface area contributed by atoms with Crippen LogP contribution in [0.5, 0.6) is 0 Å². The largest absolute Gasteiger partial charge is 0.545 e. The van der Waals surface area contributed by atoms with Crippen molar-refractivity contribution in [1.29, 1.82) is 0 Å². The molecule has 0 heterocycles. The Labute approximate surface area is 93.2 Å². The van der Waals surface area contributed by atoms with Crippen molar-refractivity contribution in [3.8, 4) is 11.1 Å². The number of hydrogen-bond acceptors (Lipinski definition) is 2. The molecule has 3 rings (SSSR count). The molecule has 1 aliphatic carbocycles. The second-order valence-corrected chi connectivity index (χ2v) is 3.99. The maximum Gasteiger partial charge on any atom is 0.0715 e. The molecule has 0 spiro atoms. The molecule has 0 radical (unpaired) electrons. The van der Waals surface area contributed by atoms with E-state index >= 15 is 0 Å². The average molecular weight is 209 g/mol. The van der Waals surface area contributed by atoms with Gasteiger partial charge in [-0.2, -0.15) is 0 Å². The summed E-state index contributed by atoms with van der Waals surface area (Å²) < 4.78 is 0. The number of aromatic carboxylic acids is 1. The molecule has 0 aromatic heterocycles. The van der Waals surface area contributed by atoms with Gasteiger partial charge < -0.3 is 9.90 Å². The highest BCUT2D eigenvalue weighted by Gasteiger charge is 2.17. The van der Waals surface area contributed by atoms with Gasteiger partial charge in [-0.15, -0.1) is 0 Å². The minimum absolute atomic E-state index is 0.256. The van der Waals surface area contributed by atoms with E-state index in [9.17, 15) is 9.90 Å². The minimum atomic E-state index is -1.11. The monoisotopic (exact) mass is 209 g/mol. The third-order valence-corrected chi connectivity index (χ3v) is 3.03. The summed E-state index contributed by atoms with van der Waals surface area (Å²) in [6, 6.07) is 13.3. The molecule has 0 amide bonds. The first-order chi connectivity index (χ1) is 7.75. The van der Waals surface area contributed by atoms with Crippen molar-refractivity contribution in [2.24, 2.45) is 0 Å². The van der Waals surface area contributed by atoms with E-state index in [0.29, 0.717) is 0 Å². The molecule has 0 bridgehead atoms. The SMILES string of the molecule is O=C([O-])c1ccc2c(c1)Cc1ccccc1-2. The first-order valence-electron chi connectivity index (χ1n) is 5.18. The maximum absolute atomic E-state index is 10.8. The van der Waals surface area contributed by atoms with Crippen molar-refractivity contribution >= 4 is 5.97 Å². The Balaban J connectivity index is 2.18. The Morgan fingerprint density at radius 3 is 2.56 bits per heavy atom. The van der Waals surface area contributed by atoms with Crippen molar-refractivity contribution in [1.82, 2.24) is 0 Å². The van der Waals surface area contributed by atoms with Gasteiger partial charge in [0.15, 0.2) is 0 Å². The first-order valence-corrected chi connectivity index (χ1v) is 5.18. The molecule has 2 aromatic rings. The minimum Gasteiger partial charge on any atom is -0.545 e. The molecular formula is C14H9O2-. The summed E-state index contributed by atoms with van der Waals surface area (Å²) in [5, 5.41) is 10.8. The Morgan fingerprint density at radius 1 is 1.00 bits per heavy atom. The zero-order valence-corrected chi connectivity index (χ0v) is 8.57. The molecule has 0 N–H and O–H groups in total. The lowest BCUT2D eigenvalue weighted by molar-refractivity contribution is -0.255. The summed E-state index contributed by atoms with van der Waals surface area (Å²) in [6.45, 7) is 0. The lowest BCUT2D eigenvalue weighted by atomic mass is 10.0. The molecule has 0 fully saturated rings. The van der Waals surface area contributed by atoms with Crippen LogP contribution in [-0.4, -0.2) is 5.97 Å². The predicted octanol–water partition coefficient (Wildman–Crippen LogP) is 1.62. The van der Waals surface area contributed by atoms with Gasteiger partial charge in [0.1, 0.15) is 0 Å². The molecule has 0 aliphatic heterocycles. The van der Waals surface area contributed by atoms with Crippen LogP contribution in [0.1, 0.15) is 21.5 Å². The van der Waals surface area contributed by atoms with E-state index in [4.69, 9.17) is 0 Å². The summed E-state index contributed by atoms with van der Waals surface area (Å²) in [5.74, 6) is -1.11. The number of hydrogen-bond donors (Lipinski definition) is 0. The van der Waals surface area contributed by atoms with E-state index in [2.05, 4.69) is 12.1 Å². The van der Waals surface area contributed by atoms with E-state index in [1.165, 1.54) is 11.1 Å². The normalized spacial score (nSPS) is 12.0. The lowest BCUT2D eigenvalue weighted by Gasteiger charge is -2.05. The van der Waals surface area contributed by atoms with Gasteiger partial charge in [0, 0.05) is 0 Å². The Kier molecular flexibility index (Phi) is 1.83. The highest BCUT2D eigenvalue weighted by atomic mass is 16.4. The predicted molar refractivity (Wildman–Crippen MR) is 59.0 cm³/mol. The maximum atomic E-state index is 10.8. The Hall–Kier alpha value is -2.09. The fourth-order valence-corrected chi connectivity index (χ4v) is 2.27. The van der Waals surface area contributed by atoms with E-state index < -0.39 is 5.97 Å². The number of carbonyl (C=O) groups excluding carboxylic acids is 1. The Morgan fingerprint density at radius 2 is 1.75 bits per heavy atom. The van der Waals surface area contributed by atoms with E-state index in [1.807, 2.05) is 18.2 Å². The van der Waals surface area contributed by atoms with Crippen molar-refractivity contribution in [3.05, 3.63) is 59.2 Å². The standard InChI is InChI=1S/C14H10O2/c15-14(16)10-5-6-13-11(8-10)7-9-3-1-2-4-12(9)13/h1-6,8H,7H2,(H,15,16)/p-1. The van der Waals surface area contributed by atoms with Crippen LogP contribution in [0.15, 0.2) is 42.5 Å². The summed E-state index contributed by atoms with van der Waals surface area (Å²) in [5.41, 5.74) is 4.94. The summed E-state index contributed by atoms with van der Waals surface area (Å²) in [4.78, 5) is 10.8. The van der Waals surface area contributed by atoms with Crippen LogP contribution < -0.4 is 5.11 Å². The molecule has 2 aromatic carbocycles. The van der Waals surface area contributed by atoms with Crippen molar-refractivity contribution in [3.63, 3.8) is 0 Å². The number of carboxylic acids is 1. The van der Waals surface area contributed by atoms with E-state index in [1.54, 1.807) is 12.1 Å². The van der Waals surface area contributed by atoms with Crippen LogP contribution in [0, 0.1) is 0 Å². The number of carbonyl (C=O) groups is 1. The molecule has 0 saturated carbocycles. The topological polar surface area (TPSA) is 40.1 Å². The molecular weight excluding hydrogens is 200 g/mol. The van der Waals surface area contributed by atoms with Crippen LogP contribution in [0.2, 0.25) is 0 Å². The molecule has 0 saturated heterocycles. The summed E-state index contributed by atoms with van der Waals surface area (Å²) >= 11 is 0. The van der Waals surface area contributed by atoms with Gasteiger partial charge in [-0.3, -0.25) is 0 Å². The average Bonchev–Trinajstić information content (AvgIpc) is 2.66. The highest BCUT2D eigenvalue weighted by molar-refractivity contribution is 5.88. The fourth-order valence-electron chi connectivity index (χ4n) is 2.27. The van der Waals surface area contributed by atoms with Gasteiger partial charge in [0.2, 0.25) is 0 Å². The lowest BCUT2D eigenvalue weighted by Crippen LogP contribution is -2.22. The molecule has 2 nitrogen and oxygen atoms in total. The molecule has 0 unspecified atom stereocenters. The summed E-state index contributed by atoms with van der Waals surface area (Å²) in [6.07, 6.45) is 0.812. The third-order valence-electron chi connectivity index (χ3n) is 3.03. The van der Waals surface area contributed by atoms with Gasteiger partial charge in [-0.1, -0.05) is 36.4 Å². The third kappa shape index (κ3) is 1.23. The van der Waals surface area contributed by atoms with Gasteiger partial charge in [-0.05, 0) is 40.3 Å². The summed E-state index contributed by atoms with van der Waals surface area (Å²) in [7, 11) is 0. The number of benzene rings is 2. The highest BCUT2D eigenvalue weighted by Crippen LogP contribution is 2.36. The van der Waals surface area contributed by atoms with Crippen molar-refractivity contribution in [2.75, 3.05) is 0 Å². The van der Waals surface area contributed by atoms with Crippen molar-refractivity contribution < 1.29 is 9.90 Å². The van der Waals surface area contributed by atoms with Gasteiger partial charge in [0.25, 0.3) is 0 Å². The quantitative estimate of drug-likeness (QED) is 0.611. The van der Waals surface area contributed by atoms with Gasteiger partial charge in [-0.25, -0.2) is 0 Å². The first kappa shape index (κ1) is 9.16. The molecule has 16 heavy (non-hydrogen) atoms. The molecule has 1 aliphatic rings. The number of carboxylic acid groups (broad SMARTS) is 1. The van der Waals surface area contributed by atoms with Gasteiger partial charge in [0.05, 0.1) is 5.97 Å². The van der Waals surface area contributed by atoms with Crippen LogP contribution in [-0.2, 0) is 6.42 Å². The van der Waals surface area contributed by atoms with Crippen molar-refractivity contribution in [2.45, 2.75) is 6.42 Å². The van der Waals surface area contributed by atoms with E-state index in [-0.39, 0.29) is 5.56 Å². The zero-order chi connectivity index (χ0) is 11.1. The van der Waals surface area contributed by atoms with Gasteiger partial charge >= 0.3 is 0 Å². The fraction of sp³-hybridized carbons (Fsp3) is 0.0714. The molecule has 2 heteroatoms. The van der Waals surface area contributed by atoms with E-state index in [0.717, 1.165) is 17.5 Å². The van der Waals surface area contributed by atoms with Crippen LogP contribution >= 0.6 is 0 Å². The zero-order valence-electron chi connectivity index (χ0n) is 8.57.